The molecule has 0 spiro atoms. The van der Waals surface area contributed by atoms with E-state index < -0.39 is 6.04 Å². The zero-order valence-corrected chi connectivity index (χ0v) is 22.6. The number of piperazine rings is 1. The van der Waals surface area contributed by atoms with Crippen LogP contribution in [0.15, 0.2) is 30.3 Å². The summed E-state index contributed by atoms with van der Waals surface area (Å²) < 4.78 is 23.2. The fourth-order valence-electron chi connectivity index (χ4n) is 5.32. The number of benzene rings is 2. The van der Waals surface area contributed by atoms with Crippen molar-refractivity contribution in [3.8, 4) is 23.0 Å². The van der Waals surface area contributed by atoms with Crippen LogP contribution in [0.1, 0.15) is 23.2 Å². The number of carbonyl (C=O) groups is 2. The lowest BCUT2D eigenvalue weighted by atomic mass is 10.1. The molecule has 1 amide bonds. The van der Waals surface area contributed by atoms with Crippen molar-refractivity contribution in [1.82, 2.24) is 19.4 Å². The van der Waals surface area contributed by atoms with Gasteiger partial charge in [0.15, 0.2) is 23.0 Å². The van der Waals surface area contributed by atoms with Crippen molar-refractivity contribution >= 4 is 40.8 Å². The summed E-state index contributed by atoms with van der Waals surface area (Å²) in [6, 6.07) is 8.95. The van der Waals surface area contributed by atoms with Crippen LogP contribution in [0.4, 0.5) is 5.82 Å². The fourth-order valence-corrected chi connectivity index (χ4v) is 5.60. The number of methoxy groups -OCH3 is 2. The van der Waals surface area contributed by atoms with Gasteiger partial charge in [-0.05, 0) is 42.4 Å². The minimum absolute atomic E-state index is 0.0428. The second-order valence-electron chi connectivity index (χ2n) is 9.72. The predicted octanol–water partition coefficient (Wildman–Crippen LogP) is 3.07. The van der Waals surface area contributed by atoms with Crippen molar-refractivity contribution in [3.63, 3.8) is 0 Å². The molecule has 0 bridgehead atoms. The van der Waals surface area contributed by atoms with Crippen LogP contribution in [0.2, 0.25) is 0 Å². The van der Waals surface area contributed by atoms with Crippen LogP contribution >= 0.6 is 12.2 Å². The highest BCUT2D eigenvalue weighted by Crippen LogP contribution is 2.37. The summed E-state index contributed by atoms with van der Waals surface area (Å²) >= 11 is 5.42. The largest absolute Gasteiger partial charge is 0.493 e. The average Bonchev–Trinajstić information content (AvgIpc) is 3.55. The van der Waals surface area contributed by atoms with Gasteiger partial charge in [-0.25, -0.2) is 9.55 Å². The summed E-state index contributed by atoms with van der Waals surface area (Å²) in [5.74, 6) is 3.01. The maximum atomic E-state index is 13.2. The number of rotatable bonds is 7. The number of carbonyl (C=O) groups excluding carboxylic acids is 2. The molecule has 1 aromatic heterocycles. The third-order valence-corrected chi connectivity index (χ3v) is 7.71. The van der Waals surface area contributed by atoms with Gasteiger partial charge in [0, 0.05) is 50.6 Å². The van der Waals surface area contributed by atoms with Gasteiger partial charge in [-0.15, -0.1) is 0 Å². The van der Waals surface area contributed by atoms with Crippen LogP contribution in [0, 0.1) is 4.77 Å². The number of ether oxygens (including phenoxy) is 4. The Kier molecular flexibility index (Phi) is 6.73. The van der Waals surface area contributed by atoms with Gasteiger partial charge in [0.05, 0.1) is 19.7 Å². The molecule has 0 aliphatic carbocycles. The summed E-state index contributed by atoms with van der Waals surface area (Å²) in [6.45, 7) is 3.91. The van der Waals surface area contributed by atoms with E-state index in [9.17, 15) is 9.59 Å². The normalized spacial score (nSPS) is 18.3. The number of hydrogen-bond acceptors (Lipinski definition) is 10. The van der Waals surface area contributed by atoms with Crippen molar-refractivity contribution < 1.29 is 28.5 Å². The van der Waals surface area contributed by atoms with E-state index >= 15 is 0 Å². The van der Waals surface area contributed by atoms with Gasteiger partial charge in [-0.3, -0.25) is 14.5 Å². The van der Waals surface area contributed by atoms with E-state index in [-0.39, 0.29) is 29.8 Å². The minimum Gasteiger partial charge on any atom is -0.493 e. The molecule has 3 aromatic rings. The lowest BCUT2D eigenvalue weighted by Crippen LogP contribution is -2.48. The molecule has 11 nitrogen and oxygen atoms in total. The molecule has 4 heterocycles. The molecule has 0 radical (unpaired) electrons. The molecule has 2 aromatic carbocycles. The lowest BCUT2D eigenvalue weighted by Gasteiger charge is -2.35. The van der Waals surface area contributed by atoms with Crippen LogP contribution in [0.5, 0.6) is 23.0 Å². The number of amides is 1. The standard InChI is InChI=1S/C27H29N5O6S/c1-35-21-12-17-19(13-22(21)36-2)29-27(39)32-25(17)28-18(26(32)34)4-6-24(33)31-9-7-30(8-10-31)14-16-3-5-20-23(11-16)38-15-37-20/h3,5,11-13,18,28H,4,6-10,14-15H2,1-2H3/t18-/m0/s1. The van der Waals surface area contributed by atoms with Crippen LogP contribution in [0.25, 0.3) is 10.9 Å². The first-order valence-corrected chi connectivity index (χ1v) is 13.2. The van der Waals surface area contributed by atoms with E-state index in [2.05, 4.69) is 15.2 Å². The van der Waals surface area contributed by atoms with Crippen molar-refractivity contribution in [2.24, 2.45) is 0 Å². The minimum atomic E-state index is -0.566. The number of nitrogens with one attached hydrogen (secondary N) is 1. The number of nitrogens with zero attached hydrogens (tertiary/aromatic N) is 4. The van der Waals surface area contributed by atoms with Crippen molar-refractivity contribution in [2.45, 2.75) is 25.4 Å². The molecule has 1 atom stereocenters. The molecule has 6 rings (SSSR count). The zero-order chi connectivity index (χ0) is 27.1. The Morgan fingerprint density at radius 2 is 1.82 bits per heavy atom. The van der Waals surface area contributed by atoms with Crippen LogP contribution in [-0.4, -0.2) is 84.4 Å². The Morgan fingerprint density at radius 1 is 1.08 bits per heavy atom. The SMILES string of the molecule is COc1cc2nc(=S)n3c(c2cc1OC)N[C@@H](CCC(=O)N1CCN(Cc2ccc4c(c2)OCO4)CC1)C3=O. The highest BCUT2D eigenvalue weighted by Gasteiger charge is 2.33. The molecule has 1 saturated heterocycles. The van der Waals surface area contributed by atoms with Gasteiger partial charge < -0.3 is 29.2 Å². The monoisotopic (exact) mass is 551 g/mol. The zero-order valence-electron chi connectivity index (χ0n) is 21.8. The summed E-state index contributed by atoms with van der Waals surface area (Å²) in [6.07, 6.45) is 0.621. The quantitative estimate of drug-likeness (QED) is 0.440. The second-order valence-corrected chi connectivity index (χ2v) is 10.1. The van der Waals surface area contributed by atoms with Crippen LogP contribution in [0.3, 0.4) is 0 Å². The number of anilines is 1. The van der Waals surface area contributed by atoms with Crippen LogP contribution < -0.4 is 24.3 Å². The maximum Gasteiger partial charge on any atom is 0.257 e. The maximum absolute atomic E-state index is 13.2. The second kappa shape index (κ2) is 10.3. The first-order valence-electron chi connectivity index (χ1n) is 12.8. The van der Waals surface area contributed by atoms with Crippen molar-refractivity contribution in [1.29, 1.82) is 0 Å². The molecule has 12 heteroatoms. The summed E-state index contributed by atoms with van der Waals surface area (Å²) in [4.78, 5) is 34.9. The third-order valence-electron chi connectivity index (χ3n) is 7.43. The van der Waals surface area contributed by atoms with Gasteiger partial charge in [0.1, 0.15) is 11.9 Å². The number of aromatic nitrogens is 2. The fraction of sp³-hybridized carbons (Fsp3) is 0.407. The highest BCUT2D eigenvalue weighted by atomic mass is 32.1. The van der Waals surface area contributed by atoms with Gasteiger partial charge in [0.25, 0.3) is 5.91 Å². The Labute approximate surface area is 230 Å². The van der Waals surface area contributed by atoms with E-state index in [4.69, 9.17) is 31.2 Å². The van der Waals surface area contributed by atoms with Crippen molar-refractivity contribution in [2.75, 3.05) is 52.5 Å². The Balaban J connectivity index is 1.06. The Bertz CT molecular complexity index is 1520. The van der Waals surface area contributed by atoms with E-state index in [0.29, 0.717) is 47.7 Å². The molecule has 39 heavy (non-hydrogen) atoms. The number of hydrogen-bond donors (Lipinski definition) is 1. The molecule has 1 N–H and O–H groups in total. The molecule has 204 valence electrons. The summed E-state index contributed by atoms with van der Waals surface area (Å²) in [5.41, 5.74) is 1.75. The van der Waals surface area contributed by atoms with Gasteiger partial charge in [-0.2, -0.15) is 0 Å². The average molecular weight is 552 g/mol. The topological polar surface area (TPSA) is 107 Å². The Hall–Kier alpha value is -3.90. The molecule has 0 unspecified atom stereocenters. The van der Waals surface area contributed by atoms with Gasteiger partial charge in [-0.1, -0.05) is 6.07 Å². The highest BCUT2D eigenvalue weighted by molar-refractivity contribution is 7.71. The van der Waals surface area contributed by atoms with Crippen LogP contribution in [-0.2, 0) is 11.3 Å². The molecule has 1 fully saturated rings. The third kappa shape index (κ3) is 4.74. The Morgan fingerprint density at radius 3 is 2.59 bits per heavy atom. The van der Waals surface area contributed by atoms with E-state index in [1.807, 2.05) is 23.1 Å². The first kappa shape index (κ1) is 25.4. The summed E-state index contributed by atoms with van der Waals surface area (Å²) in [7, 11) is 3.10. The van der Waals surface area contributed by atoms with Gasteiger partial charge >= 0.3 is 0 Å². The first-order chi connectivity index (χ1) is 18.9. The molecule has 3 aliphatic heterocycles. The smallest absolute Gasteiger partial charge is 0.257 e. The van der Waals surface area contributed by atoms with E-state index in [1.54, 1.807) is 26.4 Å². The number of fused-ring (bicyclic) bond motifs is 4. The van der Waals surface area contributed by atoms with E-state index in [1.165, 1.54) is 4.57 Å². The van der Waals surface area contributed by atoms with Crippen molar-refractivity contribution in [3.05, 3.63) is 40.7 Å². The predicted molar refractivity (Wildman–Crippen MR) is 145 cm³/mol. The molecule has 3 aliphatic rings. The van der Waals surface area contributed by atoms with E-state index in [0.717, 1.165) is 36.7 Å². The van der Waals surface area contributed by atoms with Gasteiger partial charge in [0.2, 0.25) is 17.5 Å². The molecule has 0 saturated carbocycles. The lowest BCUT2D eigenvalue weighted by molar-refractivity contribution is -0.133. The molecular weight excluding hydrogens is 522 g/mol. The summed E-state index contributed by atoms with van der Waals surface area (Å²) in [5, 5.41) is 3.98. The molecular formula is C27H29N5O6S.